The minimum absolute atomic E-state index is 0.172. The van der Waals surface area contributed by atoms with E-state index in [1.165, 1.54) is 34.5 Å². The molecule has 11 heteroatoms. The number of hydrogen-bond acceptors (Lipinski definition) is 5. The van der Waals surface area contributed by atoms with Gasteiger partial charge in [0.1, 0.15) is 5.75 Å². The van der Waals surface area contributed by atoms with E-state index in [1.807, 2.05) is 0 Å². The smallest absolute Gasteiger partial charge is 0.406 e. The zero-order valence-electron chi connectivity index (χ0n) is 18.3. The quantitative estimate of drug-likeness (QED) is 0.513. The summed E-state index contributed by atoms with van der Waals surface area (Å²) in [5.74, 6) is -0.248. The molecule has 0 amide bonds. The molecule has 2 aliphatic heterocycles. The largest absolute Gasteiger partial charge is 0.573 e. The van der Waals surface area contributed by atoms with Crippen LogP contribution in [0.2, 0.25) is 5.02 Å². The maximum atomic E-state index is 13.0. The standard InChI is InChI=1S/C23H22ClF3N4O3/c1-29-19-8-14(24)11-28-20(19)31(22(33)21(29)32)17-9-15-4-5-16(10-17)30(15)12-13-2-6-18(7-3-13)34-23(25,26)27/h2-3,6-8,11,15-17H,4-5,9-10,12H2,1H3. The van der Waals surface area contributed by atoms with Crippen molar-refractivity contribution in [3.63, 3.8) is 0 Å². The maximum Gasteiger partial charge on any atom is 0.573 e. The van der Waals surface area contributed by atoms with Gasteiger partial charge in [0.15, 0.2) is 5.65 Å². The van der Waals surface area contributed by atoms with Gasteiger partial charge in [-0.1, -0.05) is 23.7 Å². The Morgan fingerprint density at radius 2 is 1.71 bits per heavy atom. The molecule has 2 aliphatic rings. The van der Waals surface area contributed by atoms with Crippen LogP contribution in [0, 0.1) is 0 Å². The predicted octanol–water partition coefficient (Wildman–Crippen LogP) is 4.02. The van der Waals surface area contributed by atoms with Crippen molar-refractivity contribution in [2.24, 2.45) is 7.05 Å². The van der Waals surface area contributed by atoms with Crippen LogP contribution in [-0.2, 0) is 13.6 Å². The first-order chi connectivity index (χ1) is 16.1. The molecule has 2 atom stereocenters. The third kappa shape index (κ3) is 4.20. The topological polar surface area (TPSA) is 69.4 Å². The lowest BCUT2D eigenvalue weighted by Crippen LogP contribution is -2.48. The van der Waals surface area contributed by atoms with E-state index in [2.05, 4.69) is 14.6 Å². The number of benzene rings is 1. The van der Waals surface area contributed by atoms with E-state index in [9.17, 15) is 22.8 Å². The lowest BCUT2D eigenvalue weighted by molar-refractivity contribution is -0.274. The van der Waals surface area contributed by atoms with Crippen LogP contribution < -0.4 is 15.9 Å². The highest BCUT2D eigenvalue weighted by Crippen LogP contribution is 2.42. The van der Waals surface area contributed by atoms with Crippen molar-refractivity contribution in [1.82, 2.24) is 19.0 Å². The highest BCUT2D eigenvalue weighted by molar-refractivity contribution is 6.31. The second-order valence-electron chi connectivity index (χ2n) is 8.91. The summed E-state index contributed by atoms with van der Waals surface area (Å²) in [4.78, 5) is 32.3. The van der Waals surface area contributed by atoms with Gasteiger partial charge in [0.2, 0.25) is 0 Å². The van der Waals surface area contributed by atoms with Crippen LogP contribution in [0.25, 0.3) is 11.2 Å². The zero-order chi connectivity index (χ0) is 24.2. The number of piperidine rings is 1. The second kappa shape index (κ2) is 8.42. The van der Waals surface area contributed by atoms with Crippen molar-refractivity contribution in [3.8, 4) is 5.75 Å². The summed E-state index contributed by atoms with van der Waals surface area (Å²) in [6.07, 6.45) is 0.0144. The van der Waals surface area contributed by atoms with Crippen LogP contribution in [-0.4, -0.2) is 37.5 Å². The van der Waals surface area contributed by atoms with Crippen molar-refractivity contribution in [1.29, 1.82) is 0 Å². The Labute approximate surface area is 197 Å². The molecule has 1 aromatic carbocycles. The van der Waals surface area contributed by atoms with E-state index in [4.69, 9.17) is 11.6 Å². The molecule has 2 fully saturated rings. The number of aryl methyl sites for hydroxylation is 1. The fourth-order valence-electron chi connectivity index (χ4n) is 5.37. The molecule has 0 aliphatic carbocycles. The average Bonchev–Trinajstić information content (AvgIpc) is 3.00. The summed E-state index contributed by atoms with van der Waals surface area (Å²) in [7, 11) is 1.53. The van der Waals surface area contributed by atoms with Crippen molar-refractivity contribution >= 4 is 22.8 Å². The maximum absolute atomic E-state index is 13.0. The molecule has 7 nitrogen and oxygen atoms in total. The van der Waals surface area contributed by atoms with Gasteiger partial charge in [-0.25, -0.2) is 4.98 Å². The molecule has 0 saturated carbocycles. The monoisotopic (exact) mass is 494 g/mol. The average molecular weight is 495 g/mol. The van der Waals surface area contributed by atoms with Gasteiger partial charge in [0.25, 0.3) is 0 Å². The summed E-state index contributed by atoms with van der Waals surface area (Å²) in [5.41, 5.74) is 0.621. The summed E-state index contributed by atoms with van der Waals surface area (Å²) < 4.78 is 44.0. The van der Waals surface area contributed by atoms with Gasteiger partial charge in [-0.05, 0) is 49.4 Å². The Kier molecular flexibility index (Phi) is 5.68. The highest BCUT2D eigenvalue weighted by Gasteiger charge is 2.42. The number of fused-ring (bicyclic) bond motifs is 3. The number of halogens is 4. The SMILES string of the molecule is Cn1c(=O)c(=O)n(C2CC3CCC(C2)N3Cc2ccc(OC(F)(F)F)cc2)c2ncc(Cl)cc21. The van der Waals surface area contributed by atoms with Crippen LogP contribution in [0.1, 0.15) is 37.3 Å². The molecule has 2 bridgehead atoms. The molecule has 180 valence electrons. The summed E-state index contributed by atoms with van der Waals surface area (Å²) >= 11 is 6.08. The number of pyridine rings is 1. The lowest BCUT2D eigenvalue weighted by atomic mass is 9.96. The first-order valence-electron chi connectivity index (χ1n) is 11.0. The van der Waals surface area contributed by atoms with E-state index in [0.29, 0.717) is 35.6 Å². The minimum atomic E-state index is -4.72. The van der Waals surface area contributed by atoms with Gasteiger partial charge in [-0.3, -0.25) is 19.1 Å². The molecule has 5 rings (SSSR count). The molecule has 4 heterocycles. The minimum Gasteiger partial charge on any atom is -0.406 e. The fourth-order valence-corrected chi connectivity index (χ4v) is 5.52. The van der Waals surface area contributed by atoms with E-state index < -0.39 is 17.5 Å². The predicted molar refractivity (Wildman–Crippen MR) is 120 cm³/mol. The van der Waals surface area contributed by atoms with Crippen LogP contribution in [0.15, 0.2) is 46.1 Å². The molecule has 2 aromatic heterocycles. The number of hydrogen-bond donors (Lipinski definition) is 0. The third-order valence-corrected chi connectivity index (χ3v) is 7.06. The van der Waals surface area contributed by atoms with Crippen molar-refractivity contribution in [2.75, 3.05) is 0 Å². The number of nitrogens with zero attached hydrogens (tertiary/aromatic N) is 4. The molecular formula is C23H22ClF3N4O3. The van der Waals surface area contributed by atoms with Gasteiger partial charge in [0, 0.05) is 37.9 Å². The second-order valence-corrected chi connectivity index (χ2v) is 9.35. The third-order valence-electron chi connectivity index (χ3n) is 6.86. The molecule has 34 heavy (non-hydrogen) atoms. The van der Waals surface area contributed by atoms with Gasteiger partial charge < -0.3 is 9.30 Å². The Morgan fingerprint density at radius 1 is 1.06 bits per heavy atom. The van der Waals surface area contributed by atoms with Crippen molar-refractivity contribution in [3.05, 3.63) is 67.8 Å². The molecule has 2 saturated heterocycles. The van der Waals surface area contributed by atoms with Gasteiger partial charge in [0.05, 0.1) is 10.5 Å². The molecule has 0 N–H and O–H groups in total. The Hall–Kier alpha value is -2.85. The molecular weight excluding hydrogens is 473 g/mol. The summed E-state index contributed by atoms with van der Waals surface area (Å²) in [6.45, 7) is 0.592. The zero-order valence-corrected chi connectivity index (χ0v) is 19.0. The van der Waals surface area contributed by atoms with E-state index in [1.54, 1.807) is 18.2 Å². The Bertz CT molecular complexity index is 1340. The first kappa shape index (κ1) is 22.9. The molecule has 3 aromatic rings. The van der Waals surface area contributed by atoms with Gasteiger partial charge in [-0.15, -0.1) is 13.2 Å². The first-order valence-corrected chi connectivity index (χ1v) is 11.4. The number of rotatable bonds is 4. The van der Waals surface area contributed by atoms with Crippen LogP contribution >= 0.6 is 11.6 Å². The number of aromatic nitrogens is 3. The number of ether oxygens (including phenoxy) is 1. The van der Waals surface area contributed by atoms with Gasteiger partial charge >= 0.3 is 17.5 Å². The van der Waals surface area contributed by atoms with Crippen LogP contribution in [0.5, 0.6) is 5.75 Å². The van der Waals surface area contributed by atoms with E-state index in [0.717, 1.165) is 18.4 Å². The molecule has 2 unspecified atom stereocenters. The fraction of sp³-hybridized carbons (Fsp3) is 0.435. The van der Waals surface area contributed by atoms with Crippen LogP contribution in [0.4, 0.5) is 13.2 Å². The van der Waals surface area contributed by atoms with E-state index in [-0.39, 0.29) is 23.9 Å². The number of alkyl halides is 3. The Morgan fingerprint density at radius 3 is 2.32 bits per heavy atom. The lowest BCUT2D eigenvalue weighted by Gasteiger charge is -2.39. The van der Waals surface area contributed by atoms with Crippen molar-refractivity contribution in [2.45, 2.75) is 56.7 Å². The summed E-state index contributed by atoms with van der Waals surface area (Å²) in [5, 5.41) is 0.384. The summed E-state index contributed by atoms with van der Waals surface area (Å²) in [6, 6.07) is 7.75. The van der Waals surface area contributed by atoms with Gasteiger partial charge in [-0.2, -0.15) is 0 Å². The molecule has 0 radical (unpaired) electrons. The normalized spacial score (nSPS) is 22.9. The van der Waals surface area contributed by atoms with Crippen LogP contribution in [0.3, 0.4) is 0 Å². The van der Waals surface area contributed by atoms with E-state index >= 15 is 0 Å². The highest BCUT2D eigenvalue weighted by atomic mass is 35.5. The van der Waals surface area contributed by atoms with Crippen molar-refractivity contribution < 1.29 is 17.9 Å². The molecule has 0 spiro atoms. The Balaban J connectivity index is 1.39.